The van der Waals surface area contributed by atoms with Gasteiger partial charge < -0.3 is 25.3 Å². The standard InChI is InChI=1S/C30H38N6O3/c1-19(2)39-26-13-12-22(15-23(26)16-31)27(37)34-24(17-33-29(38)32-6)14-20-8-10-21(11-9-20)25-18-36(7)28(35-25)30(3,4)5/h8-13,15,18-19,24H,14,17H2,1-7H3,(H,34,37)(H2,32,33,38). The van der Waals surface area contributed by atoms with Crippen LogP contribution >= 0.6 is 0 Å². The number of aromatic nitrogens is 2. The van der Waals surface area contributed by atoms with E-state index >= 15 is 0 Å². The number of hydrogen-bond donors (Lipinski definition) is 3. The number of hydrogen-bond acceptors (Lipinski definition) is 5. The van der Waals surface area contributed by atoms with E-state index in [0.29, 0.717) is 17.7 Å². The second-order valence-electron chi connectivity index (χ2n) is 10.8. The van der Waals surface area contributed by atoms with Crippen molar-refractivity contribution in [3.63, 3.8) is 0 Å². The molecule has 9 heteroatoms. The third-order valence-electron chi connectivity index (χ3n) is 6.08. The molecular formula is C30H38N6O3. The summed E-state index contributed by atoms with van der Waals surface area (Å²) in [5.74, 6) is 1.10. The van der Waals surface area contributed by atoms with Gasteiger partial charge in [-0.15, -0.1) is 0 Å². The monoisotopic (exact) mass is 530 g/mol. The number of rotatable bonds is 9. The summed E-state index contributed by atoms with van der Waals surface area (Å²) in [4.78, 5) is 29.8. The molecule has 3 amide bonds. The molecule has 0 fully saturated rings. The lowest BCUT2D eigenvalue weighted by Crippen LogP contribution is -2.46. The molecule has 0 aliphatic heterocycles. The molecule has 3 rings (SSSR count). The first kappa shape index (κ1) is 29.2. The van der Waals surface area contributed by atoms with Crippen molar-refractivity contribution in [3.8, 4) is 23.1 Å². The number of nitriles is 1. The van der Waals surface area contributed by atoms with Gasteiger partial charge >= 0.3 is 6.03 Å². The third-order valence-corrected chi connectivity index (χ3v) is 6.08. The van der Waals surface area contributed by atoms with Crippen molar-refractivity contribution in [1.82, 2.24) is 25.5 Å². The second kappa shape index (κ2) is 12.5. The molecule has 1 unspecified atom stereocenters. The van der Waals surface area contributed by atoms with Crippen LogP contribution in [0.25, 0.3) is 11.3 Å². The van der Waals surface area contributed by atoms with E-state index in [1.54, 1.807) is 12.1 Å². The molecule has 0 saturated heterocycles. The van der Waals surface area contributed by atoms with Crippen LogP contribution in [0.15, 0.2) is 48.7 Å². The summed E-state index contributed by atoms with van der Waals surface area (Å²) in [6, 6.07) is 14.2. The van der Waals surface area contributed by atoms with Gasteiger partial charge in [0.1, 0.15) is 17.6 Å². The van der Waals surface area contributed by atoms with Gasteiger partial charge in [0.15, 0.2) is 0 Å². The van der Waals surface area contributed by atoms with E-state index in [1.807, 2.05) is 51.4 Å². The first-order valence-corrected chi connectivity index (χ1v) is 13.0. The molecule has 0 spiro atoms. The molecule has 0 radical (unpaired) electrons. The zero-order valence-electron chi connectivity index (χ0n) is 23.8. The van der Waals surface area contributed by atoms with Crippen molar-refractivity contribution < 1.29 is 14.3 Å². The van der Waals surface area contributed by atoms with Crippen LogP contribution in [-0.4, -0.2) is 47.2 Å². The fourth-order valence-corrected chi connectivity index (χ4v) is 4.26. The lowest BCUT2D eigenvalue weighted by Gasteiger charge is -2.20. The van der Waals surface area contributed by atoms with Crippen LogP contribution in [0, 0.1) is 11.3 Å². The Morgan fingerprint density at radius 1 is 1.13 bits per heavy atom. The Labute approximate surface area is 230 Å². The lowest BCUT2D eigenvalue weighted by molar-refractivity contribution is 0.0936. The normalized spacial score (nSPS) is 12.0. The lowest BCUT2D eigenvalue weighted by atomic mass is 9.96. The summed E-state index contributed by atoms with van der Waals surface area (Å²) < 4.78 is 7.71. The van der Waals surface area contributed by atoms with E-state index in [2.05, 4.69) is 47.4 Å². The summed E-state index contributed by atoms with van der Waals surface area (Å²) >= 11 is 0. The van der Waals surface area contributed by atoms with E-state index < -0.39 is 0 Å². The largest absolute Gasteiger partial charge is 0.490 e. The van der Waals surface area contributed by atoms with Crippen LogP contribution in [0.3, 0.4) is 0 Å². The van der Waals surface area contributed by atoms with Crippen LogP contribution in [0.5, 0.6) is 5.75 Å². The molecule has 206 valence electrons. The molecular weight excluding hydrogens is 492 g/mol. The van der Waals surface area contributed by atoms with Gasteiger partial charge in [-0.1, -0.05) is 45.0 Å². The summed E-state index contributed by atoms with van der Waals surface area (Å²) in [6.07, 6.45) is 2.42. The molecule has 3 aromatic rings. The minimum atomic E-state index is -0.389. The Morgan fingerprint density at radius 2 is 1.82 bits per heavy atom. The average molecular weight is 531 g/mol. The number of benzene rings is 2. The maximum atomic E-state index is 13.1. The van der Waals surface area contributed by atoms with Crippen LogP contribution in [-0.2, 0) is 18.9 Å². The van der Waals surface area contributed by atoms with Gasteiger partial charge in [0.25, 0.3) is 5.91 Å². The van der Waals surface area contributed by atoms with Gasteiger partial charge in [-0.3, -0.25) is 4.79 Å². The fraction of sp³-hybridized carbons (Fsp3) is 0.400. The van der Waals surface area contributed by atoms with E-state index in [1.165, 1.54) is 13.1 Å². The molecule has 3 N–H and O–H groups in total. The van der Waals surface area contributed by atoms with Crippen molar-refractivity contribution in [2.75, 3.05) is 13.6 Å². The Bertz CT molecular complexity index is 1350. The zero-order chi connectivity index (χ0) is 28.7. The quantitative estimate of drug-likeness (QED) is 0.381. The minimum absolute atomic E-state index is 0.0636. The predicted octanol–water partition coefficient (Wildman–Crippen LogP) is 4.31. The minimum Gasteiger partial charge on any atom is -0.490 e. The van der Waals surface area contributed by atoms with Gasteiger partial charge in [-0.2, -0.15) is 5.26 Å². The number of urea groups is 1. The molecule has 1 heterocycles. The maximum absolute atomic E-state index is 13.1. The Balaban J connectivity index is 1.77. The highest BCUT2D eigenvalue weighted by molar-refractivity contribution is 5.95. The van der Waals surface area contributed by atoms with E-state index in [0.717, 1.165) is 22.6 Å². The summed E-state index contributed by atoms with van der Waals surface area (Å²) in [5.41, 5.74) is 3.46. The molecule has 0 aliphatic rings. The first-order chi connectivity index (χ1) is 18.4. The molecule has 1 atom stereocenters. The number of ether oxygens (including phenoxy) is 1. The van der Waals surface area contributed by atoms with Gasteiger partial charge in [0, 0.05) is 43.4 Å². The summed E-state index contributed by atoms with van der Waals surface area (Å²) in [6.45, 7) is 10.4. The topological polar surface area (TPSA) is 121 Å². The van der Waals surface area contributed by atoms with Crippen molar-refractivity contribution in [2.24, 2.45) is 7.05 Å². The number of amides is 3. The molecule has 0 saturated carbocycles. The highest BCUT2D eigenvalue weighted by Gasteiger charge is 2.21. The third kappa shape index (κ3) is 7.84. The highest BCUT2D eigenvalue weighted by Crippen LogP contribution is 2.26. The molecule has 9 nitrogen and oxygen atoms in total. The maximum Gasteiger partial charge on any atom is 0.314 e. The Morgan fingerprint density at radius 3 is 2.38 bits per heavy atom. The molecule has 1 aromatic heterocycles. The van der Waals surface area contributed by atoms with Gasteiger partial charge in [0.2, 0.25) is 0 Å². The van der Waals surface area contributed by atoms with Crippen molar-refractivity contribution in [3.05, 3.63) is 71.2 Å². The van der Waals surface area contributed by atoms with Crippen LogP contribution in [0.4, 0.5) is 4.79 Å². The average Bonchev–Trinajstić information content (AvgIpc) is 3.29. The highest BCUT2D eigenvalue weighted by atomic mass is 16.5. The summed E-state index contributed by atoms with van der Waals surface area (Å²) in [5, 5.41) is 17.8. The number of carbonyl (C=O) groups excluding carboxylic acids is 2. The number of aryl methyl sites for hydroxylation is 1. The number of nitrogens with one attached hydrogen (secondary N) is 3. The SMILES string of the molecule is CNC(=O)NCC(Cc1ccc(-c2cn(C)c(C(C)(C)C)n2)cc1)NC(=O)c1ccc(OC(C)C)c(C#N)c1. The van der Waals surface area contributed by atoms with E-state index in [-0.39, 0.29) is 41.6 Å². The summed E-state index contributed by atoms with van der Waals surface area (Å²) in [7, 11) is 3.54. The molecule has 0 bridgehead atoms. The fourth-order valence-electron chi connectivity index (χ4n) is 4.26. The van der Waals surface area contributed by atoms with Crippen LogP contribution in [0.1, 0.15) is 61.9 Å². The van der Waals surface area contributed by atoms with E-state index in [9.17, 15) is 14.9 Å². The number of nitrogens with zero attached hydrogens (tertiary/aromatic N) is 3. The van der Waals surface area contributed by atoms with Gasteiger partial charge in [-0.05, 0) is 44.0 Å². The van der Waals surface area contributed by atoms with Crippen LogP contribution in [0.2, 0.25) is 0 Å². The van der Waals surface area contributed by atoms with Crippen molar-refractivity contribution in [1.29, 1.82) is 5.26 Å². The Kier molecular flexibility index (Phi) is 9.36. The number of imidazole rings is 1. The molecule has 0 aliphatic carbocycles. The smallest absolute Gasteiger partial charge is 0.314 e. The zero-order valence-corrected chi connectivity index (χ0v) is 23.8. The number of carbonyl (C=O) groups is 2. The van der Waals surface area contributed by atoms with Gasteiger partial charge in [-0.25, -0.2) is 9.78 Å². The van der Waals surface area contributed by atoms with Crippen molar-refractivity contribution >= 4 is 11.9 Å². The van der Waals surface area contributed by atoms with Crippen molar-refractivity contribution in [2.45, 2.75) is 58.6 Å². The molecule has 2 aromatic carbocycles. The second-order valence-corrected chi connectivity index (χ2v) is 10.8. The molecule has 39 heavy (non-hydrogen) atoms. The van der Waals surface area contributed by atoms with E-state index in [4.69, 9.17) is 9.72 Å². The predicted molar refractivity (Wildman–Crippen MR) is 152 cm³/mol. The van der Waals surface area contributed by atoms with Crippen LogP contribution < -0.4 is 20.7 Å². The first-order valence-electron chi connectivity index (χ1n) is 13.0. The Hall–Kier alpha value is -4.32. The van der Waals surface area contributed by atoms with Gasteiger partial charge in [0.05, 0.1) is 23.4 Å².